The number of fused-ring (bicyclic) bond motifs is 2. The molecule has 266 valence electrons. The molecule has 16 nitrogen and oxygen atoms in total. The lowest BCUT2D eigenvalue weighted by Crippen LogP contribution is -2.64. The first-order valence-corrected chi connectivity index (χ1v) is 17.7. The van der Waals surface area contributed by atoms with Crippen LogP contribution in [-0.2, 0) is 41.2 Å². The summed E-state index contributed by atoms with van der Waals surface area (Å²) in [7, 11) is -2.68. The van der Waals surface area contributed by atoms with E-state index in [0.717, 1.165) is 37.7 Å². The summed E-state index contributed by atoms with van der Waals surface area (Å²) in [5.41, 5.74) is 1.67. The highest BCUT2D eigenvalue weighted by molar-refractivity contribution is 7.92. The highest BCUT2D eigenvalue weighted by atomic mass is 32.2. The minimum atomic E-state index is -4.34. The number of carbonyl (C=O) groups excluding carboxylic acids is 4. The van der Waals surface area contributed by atoms with Gasteiger partial charge in [0.2, 0.25) is 17.7 Å². The Hall–Kier alpha value is -5.49. The third-order valence-corrected chi connectivity index (χ3v) is 11.5. The van der Waals surface area contributed by atoms with Gasteiger partial charge in [0.15, 0.2) is 5.82 Å². The molecule has 1 atom stereocenters. The van der Waals surface area contributed by atoms with Gasteiger partial charge in [-0.2, -0.15) is 8.42 Å². The molecule has 1 saturated carbocycles. The molecule has 4 heterocycles. The Morgan fingerprint density at radius 1 is 1.06 bits per heavy atom. The number of nitrogens with zero attached hydrogens (tertiary/aromatic N) is 4. The fourth-order valence-corrected chi connectivity index (χ4v) is 8.86. The lowest BCUT2D eigenvalue weighted by molar-refractivity contribution is -0.135. The second-order valence-corrected chi connectivity index (χ2v) is 15.2. The van der Waals surface area contributed by atoms with Crippen LogP contribution in [0.15, 0.2) is 47.3 Å². The van der Waals surface area contributed by atoms with E-state index in [4.69, 9.17) is 4.74 Å². The molecule has 51 heavy (non-hydrogen) atoms. The van der Waals surface area contributed by atoms with Crippen molar-refractivity contribution in [2.24, 2.45) is 12.5 Å². The van der Waals surface area contributed by atoms with Crippen molar-refractivity contribution in [3.8, 4) is 5.75 Å². The van der Waals surface area contributed by atoms with Crippen LogP contribution in [0.3, 0.4) is 0 Å². The van der Waals surface area contributed by atoms with Crippen LogP contribution < -0.4 is 30.3 Å². The van der Waals surface area contributed by atoms with E-state index in [0.29, 0.717) is 21.0 Å². The molecule has 0 bridgehead atoms. The van der Waals surface area contributed by atoms with E-state index in [9.17, 15) is 37.5 Å². The van der Waals surface area contributed by atoms with Crippen molar-refractivity contribution in [1.82, 2.24) is 19.2 Å². The van der Waals surface area contributed by atoms with Crippen molar-refractivity contribution in [3.05, 3.63) is 58.8 Å². The number of benzene rings is 3. The maximum absolute atomic E-state index is 15.3. The van der Waals surface area contributed by atoms with Crippen molar-refractivity contribution in [3.63, 3.8) is 0 Å². The van der Waals surface area contributed by atoms with Crippen LogP contribution >= 0.6 is 0 Å². The standard InChI is InChI=1S/C33H32FN7O9S/c1-38-24-10-19(3-5-22(24)41(32(38)47)23-6-7-26(43)36-31(23)46)39-15-33(16-39)11-20(12-33)50-14-28(45)35-18-2-4-21-17(8-18)9-25(42)30(29(21)34)40-13-27(44)37-51(40,48)49/h2-5,8-10,20,23,42H,6-7,11-16H2,1H3,(H,35,45)(H,37,44)(H,36,43,46). The first-order chi connectivity index (χ1) is 24.2. The predicted molar refractivity (Wildman–Crippen MR) is 181 cm³/mol. The zero-order chi connectivity index (χ0) is 36.0. The number of hydrogen-bond donors (Lipinski definition) is 4. The number of anilines is 3. The number of aromatic hydroxyl groups is 1. The number of rotatable bonds is 7. The molecule has 8 rings (SSSR count). The Labute approximate surface area is 288 Å². The summed E-state index contributed by atoms with van der Waals surface area (Å²) < 4.78 is 50.8. The number of aromatic nitrogens is 2. The van der Waals surface area contributed by atoms with Crippen LogP contribution in [0.5, 0.6) is 5.75 Å². The van der Waals surface area contributed by atoms with E-state index in [1.165, 1.54) is 27.3 Å². The fourth-order valence-electron chi connectivity index (χ4n) is 7.70. The van der Waals surface area contributed by atoms with Crippen LogP contribution in [0.25, 0.3) is 21.8 Å². The largest absolute Gasteiger partial charge is 0.506 e. The fraction of sp³-hybridized carbons (Fsp3) is 0.364. The zero-order valence-electron chi connectivity index (χ0n) is 27.1. The van der Waals surface area contributed by atoms with Gasteiger partial charge in [-0.25, -0.2) is 18.2 Å². The van der Waals surface area contributed by atoms with E-state index in [2.05, 4.69) is 15.5 Å². The van der Waals surface area contributed by atoms with Gasteiger partial charge in [-0.3, -0.25) is 33.6 Å². The van der Waals surface area contributed by atoms with E-state index in [1.807, 2.05) is 18.2 Å². The molecule has 1 unspecified atom stereocenters. The number of piperidine rings is 1. The van der Waals surface area contributed by atoms with Crippen molar-refractivity contribution in [1.29, 1.82) is 0 Å². The summed E-state index contributed by atoms with van der Waals surface area (Å²) in [5.74, 6) is -3.82. The minimum Gasteiger partial charge on any atom is -0.506 e. The van der Waals surface area contributed by atoms with Crippen LogP contribution in [0.2, 0.25) is 0 Å². The maximum Gasteiger partial charge on any atom is 0.329 e. The van der Waals surface area contributed by atoms with E-state index >= 15 is 4.39 Å². The normalized spacial score (nSPS) is 21.1. The van der Waals surface area contributed by atoms with Crippen molar-refractivity contribution < 1.29 is 41.8 Å². The van der Waals surface area contributed by atoms with Crippen LogP contribution in [-0.4, -0.2) is 78.6 Å². The van der Waals surface area contributed by atoms with Gasteiger partial charge in [0.1, 0.15) is 30.6 Å². The third kappa shape index (κ3) is 5.45. The maximum atomic E-state index is 15.3. The summed E-state index contributed by atoms with van der Waals surface area (Å²) in [6.45, 7) is 0.691. The predicted octanol–water partition coefficient (Wildman–Crippen LogP) is 1.12. The van der Waals surface area contributed by atoms with Crippen molar-refractivity contribution in [2.75, 3.05) is 40.8 Å². The number of imidazole rings is 1. The summed E-state index contributed by atoms with van der Waals surface area (Å²) in [4.78, 5) is 63.7. The molecule has 4 aromatic rings. The summed E-state index contributed by atoms with van der Waals surface area (Å²) >= 11 is 0. The monoisotopic (exact) mass is 721 g/mol. The third-order valence-electron chi connectivity index (χ3n) is 10.2. The van der Waals surface area contributed by atoms with Gasteiger partial charge in [-0.1, -0.05) is 0 Å². The Morgan fingerprint density at radius 2 is 1.82 bits per heavy atom. The number of imide groups is 1. The molecule has 1 aromatic heterocycles. The number of halogens is 1. The number of nitrogens with one attached hydrogen (secondary N) is 3. The van der Waals surface area contributed by atoms with Gasteiger partial charge in [0.25, 0.3) is 5.91 Å². The molecule has 1 aliphatic carbocycles. The van der Waals surface area contributed by atoms with Crippen LogP contribution in [0, 0.1) is 11.2 Å². The number of carbonyl (C=O) groups is 4. The van der Waals surface area contributed by atoms with Crippen LogP contribution in [0.1, 0.15) is 31.7 Å². The van der Waals surface area contributed by atoms with Gasteiger partial charge in [-0.15, -0.1) is 0 Å². The number of phenolic OH excluding ortho intramolecular Hbond substituents is 1. The Bertz CT molecular complexity index is 2380. The Morgan fingerprint density at radius 3 is 2.53 bits per heavy atom. The highest BCUT2D eigenvalue weighted by Crippen LogP contribution is 2.51. The van der Waals surface area contributed by atoms with E-state index in [-0.39, 0.29) is 53.3 Å². The topological polar surface area (TPSA) is 201 Å². The average molecular weight is 722 g/mol. The molecule has 4 N–H and O–H groups in total. The molecular weight excluding hydrogens is 689 g/mol. The van der Waals surface area contributed by atoms with Gasteiger partial charge >= 0.3 is 15.9 Å². The molecule has 1 spiro atoms. The molecule has 18 heteroatoms. The van der Waals surface area contributed by atoms with Crippen LogP contribution in [0.4, 0.5) is 21.5 Å². The minimum absolute atomic E-state index is 0.0181. The number of aryl methyl sites for hydroxylation is 1. The molecule has 4 aliphatic rings. The second-order valence-electron chi connectivity index (χ2n) is 13.6. The second kappa shape index (κ2) is 11.5. The molecule has 3 saturated heterocycles. The van der Waals surface area contributed by atoms with Gasteiger partial charge in [0, 0.05) is 48.7 Å². The molecule has 4 amide bonds. The first-order valence-electron chi connectivity index (χ1n) is 16.2. The molecule has 4 fully saturated rings. The first kappa shape index (κ1) is 32.7. The summed E-state index contributed by atoms with van der Waals surface area (Å²) in [5, 5.41) is 15.7. The van der Waals surface area contributed by atoms with Crippen molar-refractivity contribution in [2.45, 2.75) is 37.8 Å². The summed E-state index contributed by atoms with van der Waals surface area (Å²) in [6, 6.07) is 10.3. The number of ether oxygens (including phenoxy) is 1. The lowest BCUT2D eigenvalue weighted by Gasteiger charge is -2.59. The number of phenols is 1. The average Bonchev–Trinajstić information content (AvgIpc) is 3.44. The van der Waals surface area contributed by atoms with Crippen molar-refractivity contribution >= 4 is 72.7 Å². The number of hydrogen-bond acceptors (Lipinski definition) is 10. The smallest absolute Gasteiger partial charge is 0.329 e. The molecule has 3 aliphatic heterocycles. The number of amides is 4. The van der Waals surface area contributed by atoms with Gasteiger partial charge < -0.3 is 20.1 Å². The van der Waals surface area contributed by atoms with Gasteiger partial charge in [0.05, 0.1) is 17.1 Å². The molecular formula is C33H32FN7O9S. The Kier molecular flexibility index (Phi) is 7.39. The highest BCUT2D eigenvalue weighted by Gasteiger charge is 2.53. The SMILES string of the molecule is Cn1c(=O)n(C2CCC(=O)NC2=O)c2ccc(N3CC4(CC(OCC(=O)Nc5ccc6c(F)c(N7CC(=O)NS7(=O)=O)c(O)cc6c5)C4)C3)cc21. The van der Waals surface area contributed by atoms with E-state index < -0.39 is 57.8 Å². The quantitative estimate of drug-likeness (QED) is 0.201. The zero-order valence-corrected chi connectivity index (χ0v) is 28.0. The summed E-state index contributed by atoms with van der Waals surface area (Å²) in [6.07, 6.45) is 1.88. The molecule has 3 aromatic carbocycles. The van der Waals surface area contributed by atoms with E-state index in [1.54, 1.807) is 11.8 Å². The van der Waals surface area contributed by atoms with Gasteiger partial charge in [-0.05, 0) is 67.1 Å². The lowest BCUT2D eigenvalue weighted by atomic mass is 9.61. The Balaban J connectivity index is 0.855. The molecule has 0 radical (unpaired) electrons.